The summed E-state index contributed by atoms with van der Waals surface area (Å²) in [5, 5.41) is 0. The van der Waals surface area contributed by atoms with E-state index in [1.807, 2.05) is 0 Å². The lowest BCUT2D eigenvalue weighted by atomic mass is 10.3. The molecule has 0 saturated carbocycles. The number of hydrogen-bond donors (Lipinski definition) is 0. The van der Waals surface area contributed by atoms with Crippen LogP contribution in [0, 0.1) is 0 Å². The molecule has 1 rings (SSSR count). The SMILES string of the molecule is CC(C)N1CC[C@@H](OC(F)F)C1. The summed E-state index contributed by atoms with van der Waals surface area (Å²) in [4.78, 5) is 2.15. The highest BCUT2D eigenvalue weighted by Crippen LogP contribution is 2.17. The lowest BCUT2D eigenvalue weighted by Crippen LogP contribution is -2.30. The van der Waals surface area contributed by atoms with Crippen molar-refractivity contribution in [2.75, 3.05) is 13.1 Å². The first-order valence-corrected chi connectivity index (χ1v) is 4.27. The molecule has 72 valence electrons. The van der Waals surface area contributed by atoms with Crippen molar-refractivity contribution in [3.63, 3.8) is 0 Å². The van der Waals surface area contributed by atoms with Crippen LogP contribution in [0.25, 0.3) is 0 Å². The van der Waals surface area contributed by atoms with Crippen LogP contribution in [0.5, 0.6) is 0 Å². The predicted molar refractivity (Wildman–Crippen MR) is 42.2 cm³/mol. The Morgan fingerprint density at radius 2 is 2.08 bits per heavy atom. The number of nitrogens with zero attached hydrogens (tertiary/aromatic N) is 1. The topological polar surface area (TPSA) is 12.5 Å². The van der Waals surface area contributed by atoms with E-state index in [1.54, 1.807) is 0 Å². The molecule has 0 spiro atoms. The Kier molecular flexibility index (Phi) is 3.40. The first-order chi connectivity index (χ1) is 5.59. The molecule has 0 unspecified atom stereocenters. The van der Waals surface area contributed by atoms with E-state index in [9.17, 15) is 8.78 Å². The Morgan fingerprint density at radius 3 is 2.50 bits per heavy atom. The van der Waals surface area contributed by atoms with Crippen LogP contribution >= 0.6 is 0 Å². The van der Waals surface area contributed by atoms with E-state index in [0.29, 0.717) is 12.6 Å². The van der Waals surface area contributed by atoms with E-state index in [-0.39, 0.29) is 6.10 Å². The average Bonchev–Trinajstić information content (AvgIpc) is 2.34. The van der Waals surface area contributed by atoms with Crippen molar-refractivity contribution in [2.24, 2.45) is 0 Å². The molecular formula is C8H15F2NO. The highest BCUT2D eigenvalue weighted by atomic mass is 19.3. The standard InChI is InChI=1S/C8H15F2NO/c1-6(2)11-4-3-7(5-11)12-8(9)10/h6-8H,3-5H2,1-2H3/t7-/m1/s1. The maximum absolute atomic E-state index is 11.8. The summed E-state index contributed by atoms with van der Waals surface area (Å²) < 4.78 is 28.0. The summed E-state index contributed by atoms with van der Waals surface area (Å²) in [5.41, 5.74) is 0. The minimum absolute atomic E-state index is 0.271. The molecule has 0 radical (unpaired) electrons. The Bertz CT molecular complexity index is 141. The van der Waals surface area contributed by atoms with Crippen LogP contribution in [-0.4, -0.2) is 36.7 Å². The van der Waals surface area contributed by atoms with E-state index in [1.165, 1.54) is 0 Å². The molecule has 1 aliphatic rings. The molecule has 0 aromatic heterocycles. The first kappa shape index (κ1) is 9.86. The van der Waals surface area contributed by atoms with E-state index < -0.39 is 6.61 Å². The number of hydrogen-bond acceptors (Lipinski definition) is 2. The minimum Gasteiger partial charge on any atom is -0.318 e. The van der Waals surface area contributed by atoms with Crippen molar-refractivity contribution >= 4 is 0 Å². The molecule has 0 aromatic rings. The van der Waals surface area contributed by atoms with Gasteiger partial charge >= 0.3 is 6.61 Å². The fourth-order valence-corrected chi connectivity index (χ4v) is 1.48. The molecule has 0 aromatic carbocycles. The van der Waals surface area contributed by atoms with Gasteiger partial charge in [0, 0.05) is 19.1 Å². The number of rotatable bonds is 3. The zero-order valence-corrected chi connectivity index (χ0v) is 7.46. The average molecular weight is 179 g/mol. The minimum atomic E-state index is -2.62. The van der Waals surface area contributed by atoms with Gasteiger partial charge in [0.25, 0.3) is 0 Å². The second-order valence-corrected chi connectivity index (χ2v) is 3.40. The third-order valence-electron chi connectivity index (χ3n) is 2.20. The normalized spacial score (nSPS) is 26.0. The molecule has 0 N–H and O–H groups in total. The Hall–Kier alpha value is -0.220. The van der Waals surface area contributed by atoms with Crippen molar-refractivity contribution in [1.82, 2.24) is 4.90 Å². The van der Waals surface area contributed by atoms with E-state index >= 15 is 0 Å². The van der Waals surface area contributed by atoms with Crippen molar-refractivity contribution in [1.29, 1.82) is 0 Å². The second-order valence-electron chi connectivity index (χ2n) is 3.40. The molecule has 0 aliphatic carbocycles. The van der Waals surface area contributed by atoms with Crippen LogP contribution < -0.4 is 0 Å². The summed E-state index contributed by atoms with van der Waals surface area (Å²) in [6.45, 7) is 3.01. The van der Waals surface area contributed by atoms with Gasteiger partial charge in [-0.2, -0.15) is 8.78 Å². The van der Waals surface area contributed by atoms with Crippen molar-refractivity contribution < 1.29 is 13.5 Å². The molecule has 1 fully saturated rings. The molecule has 1 aliphatic heterocycles. The molecule has 1 saturated heterocycles. The highest BCUT2D eigenvalue weighted by Gasteiger charge is 2.26. The number of ether oxygens (including phenoxy) is 1. The van der Waals surface area contributed by atoms with Crippen LogP contribution in [0.15, 0.2) is 0 Å². The Labute approximate surface area is 71.5 Å². The van der Waals surface area contributed by atoms with Gasteiger partial charge < -0.3 is 4.74 Å². The summed E-state index contributed by atoms with van der Waals surface area (Å²) in [6, 6.07) is 0.427. The highest BCUT2D eigenvalue weighted by molar-refractivity contribution is 4.77. The molecule has 1 atom stereocenters. The Balaban J connectivity index is 2.26. The van der Waals surface area contributed by atoms with Crippen LogP contribution in [0.2, 0.25) is 0 Å². The van der Waals surface area contributed by atoms with E-state index in [4.69, 9.17) is 0 Å². The van der Waals surface area contributed by atoms with Gasteiger partial charge in [0.05, 0.1) is 6.10 Å². The number of alkyl halides is 2. The lowest BCUT2D eigenvalue weighted by molar-refractivity contribution is -0.158. The van der Waals surface area contributed by atoms with Gasteiger partial charge in [0.2, 0.25) is 0 Å². The van der Waals surface area contributed by atoms with Gasteiger partial charge in [0.1, 0.15) is 0 Å². The summed E-state index contributed by atoms with van der Waals surface area (Å²) in [6.07, 6.45) is 0.454. The van der Waals surface area contributed by atoms with E-state index in [2.05, 4.69) is 23.5 Å². The fraction of sp³-hybridized carbons (Fsp3) is 1.00. The second kappa shape index (κ2) is 4.14. The van der Waals surface area contributed by atoms with Gasteiger partial charge in [-0.15, -0.1) is 0 Å². The van der Waals surface area contributed by atoms with Gasteiger partial charge in [-0.1, -0.05) is 0 Å². The predicted octanol–water partition coefficient (Wildman–Crippen LogP) is 1.71. The summed E-state index contributed by atoms with van der Waals surface area (Å²) >= 11 is 0. The molecule has 0 bridgehead atoms. The Morgan fingerprint density at radius 1 is 1.42 bits per heavy atom. The summed E-state index contributed by atoms with van der Waals surface area (Å²) in [5.74, 6) is 0. The molecule has 0 amide bonds. The van der Waals surface area contributed by atoms with Gasteiger partial charge in [-0.25, -0.2) is 0 Å². The van der Waals surface area contributed by atoms with Crippen LogP contribution in [0.1, 0.15) is 20.3 Å². The first-order valence-electron chi connectivity index (χ1n) is 4.27. The van der Waals surface area contributed by atoms with Gasteiger partial charge in [-0.3, -0.25) is 4.90 Å². The van der Waals surface area contributed by atoms with Crippen molar-refractivity contribution in [2.45, 2.75) is 39.0 Å². The van der Waals surface area contributed by atoms with E-state index in [0.717, 1.165) is 13.0 Å². The number of likely N-dealkylation sites (tertiary alicyclic amines) is 1. The van der Waals surface area contributed by atoms with Gasteiger partial charge in [-0.05, 0) is 20.3 Å². The molecular weight excluding hydrogens is 164 g/mol. The number of halogens is 2. The van der Waals surface area contributed by atoms with Gasteiger partial charge in [0.15, 0.2) is 0 Å². The molecule has 2 nitrogen and oxygen atoms in total. The third-order valence-corrected chi connectivity index (χ3v) is 2.20. The third kappa shape index (κ3) is 2.68. The molecule has 1 heterocycles. The zero-order chi connectivity index (χ0) is 9.14. The van der Waals surface area contributed by atoms with Crippen LogP contribution in [0.4, 0.5) is 8.78 Å². The zero-order valence-electron chi connectivity index (χ0n) is 7.46. The maximum atomic E-state index is 11.8. The molecule has 12 heavy (non-hydrogen) atoms. The van der Waals surface area contributed by atoms with Crippen LogP contribution in [0.3, 0.4) is 0 Å². The van der Waals surface area contributed by atoms with Crippen molar-refractivity contribution in [3.8, 4) is 0 Å². The molecule has 4 heteroatoms. The lowest BCUT2D eigenvalue weighted by Gasteiger charge is -2.19. The monoisotopic (exact) mass is 179 g/mol. The quantitative estimate of drug-likeness (QED) is 0.654. The fourth-order valence-electron chi connectivity index (χ4n) is 1.48. The smallest absolute Gasteiger partial charge is 0.318 e. The van der Waals surface area contributed by atoms with Crippen molar-refractivity contribution in [3.05, 3.63) is 0 Å². The maximum Gasteiger partial charge on any atom is 0.345 e. The summed E-state index contributed by atoms with van der Waals surface area (Å²) in [7, 11) is 0. The van der Waals surface area contributed by atoms with Crippen LogP contribution in [-0.2, 0) is 4.74 Å². The largest absolute Gasteiger partial charge is 0.345 e.